The van der Waals surface area contributed by atoms with Crippen LogP contribution in [0.2, 0.25) is 0 Å². The van der Waals surface area contributed by atoms with E-state index in [0.717, 1.165) is 5.56 Å². The molecule has 0 saturated carbocycles. The van der Waals surface area contributed by atoms with Crippen molar-refractivity contribution in [2.75, 3.05) is 25.6 Å². The zero-order chi connectivity index (χ0) is 22.4. The van der Waals surface area contributed by atoms with Crippen LogP contribution in [0.3, 0.4) is 0 Å². The maximum atomic E-state index is 13.4. The van der Waals surface area contributed by atoms with E-state index in [2.05, 4.69) is 11.4 Å². The molecule has 0 bridgehead atoms. The van der Waals surface area contributed by atoms with Crippen molar-refractivity contribution in [3.63, 3.8) is 0 Å². The maximum absolute atomic E-state index is 13.4. The molecule has 0 aromatic heterocycles. The Labute approximate surface area is 187 Å². The van der Waals surface area contributed by atoms with Gasteiger partial charge in [-0.25, -0.2) is 0 Å². The Kier molecular flexibility index (Phi) is 6.39. The minimum absolute atomic E-state index is 0.0329. The highest BCUT2D eigenvalue weighted by Crippen LogP contribution is 2.37. The van der Waals surface area contributed by atoms with Gasteiger partial charge in [-0.05, 0) is 54.8 Å². The topological polar surface area (TPSA) is 80.6 Å². The molecule has 0 unspecified atom stereocenters. The smallest absolute Gasteiger partial charge is 0.235 e. The predicted molar refractivity (Wildman–Crippen MR) is 121 cm³/mol. The number of carbonyl (C=O) groups is 1. The van der Waals surface area contributed by atoms with E-state index in [9.17, 15) is 4.79 Å². The van der Waals surface area contributed by atoms with Crippen molar-refractivity contribution < 1.29 is 19.0 Å². The fourth-order valence-electron chi connectivity index (χ4n) is 3.93. The lowest BCUT2D eigenvalue weighted by molar-refractivity contribution is -0.125. The van der Waals surface area contributed by atoms with E-state index in [1.54, 1.807) is 42.5 Å². The van der Waals surface area contributed by atoms with Crippen molar-refractivity contribution in [3.8, 4) is 23.3 Å². The molecule has 32 heavy (non-hydrogen) atoms. The molecule has 0 radical (unpaired) electrons. The average molecular weight is 428 g/mol. The second-order valence-electron chi connectivity index (χ2n) is 7.62. The number of hydrogen-bond acceptors (Lipinski definition) is 5. The van der Waals surface area contributed by atoms with Crippen molar-refractivity contribution in [1.29, 1.82) is 5.26 Å². The molecule has 1 aliphatic heterocycles. The Hall–Kier alpha value is -3.82. The molecule has 0 aliphatic carbocycles. The van der Waals surface area contributed by atoms with Gasteiger partial charge >= 0.3 is 0 Å². The largest absolute Gasteiger partial charge is 0.493 e. The quantitative estimate of drug-likeness (QED) is 0.595. The van der Waals surface area contributed by atoms with Gasteiger partial charge in [0.1, 0.15) is 5.75 Å². The average Bonchev–Trinajstić information content (AvgIpc) is 2.86. The molecular formula is C26H24N2O4. The molecule has 6 heteroatoms. The number of nitrogens with one attached hydrogen (secondary N) is 1. The van der Waals surface area contributed by atoms with Crippen LogP contribution in [0.15, 0.2) is 72.8 Å². The molecule has 0 spiro atoms. The molecule has 3 aromatic carbocycles. The summed E-state index contributed by atoms with van der Waals surface area (Å²) in [6.45, 7) is 1.11. The number of ether oxygens (including phenoxy) is 3. The third-order valence-corrected chi connectivity index (χ3v) is 5.74. The number of nitriles is 1. The lowest BCUT2D eigenvalue weighted by Gasteiger charge is -2.36. The molecule has 1 heterocycles. The minimum atomic E-state index is -0.607. The summed E-state index contributed by atoms with van der Waals surface area (Å²) in [5.41, 5.74) is 1.59. The predicted octanol–water partition coefficient (Wildman–Crippen LogP) is 5.05. The van der Waals surface area contributed by atoms with E-state index < -0.39 is 5.41 Å². The zero-order valence-corrected chi connectivity index (χ0v) is 17.8. The van der Waals surface area contributed by atoms with Gasteiger partial charge in [0, 0.05) is 25.0 Å². The van der Waals surface area contributed by atoms with Gasteiger partial charge in [-0.2, -0.15) is 5.26 Å². The highest BCUT2D eigenvalue weighted by molar-refractivity contribution is 5.99. The molecule has 162 valence electrons. The van der Waals surface area contributed by atoms with Crippen molar-refractivity contribution in [2.24, 2.45) is 0 Å². The van der Waals surface area contributed by atoms with Crippen LogP contribution >= 0.6 is 0 Å². The van der Waals surface area contributed by atoms with Crippen LogP contribution in [-0.2, 0) is 14.9 Å². The third-order valence-electron chi connectivity index (χ3n) is 5.74. The summed E-state index contributed by atoms with van der Waals surface area (Å²) >= 11 is 0. The summed E-state index contributed by atoms with van der Waals surface area (Å²) in [6, 6.07) is 24.1. The second-order valence-corrected chi connectivity index (χ2v) is 7.62. The van der Waals surface area contributed by atoms with E-state index in [0.29, 0.717) is 54.6 Å². The van der Waals surface area contributed by atoms with Gasteiger partial charge in [0.05, 0.1) is 24.2 Å². The van der Waals surface area contributed by atoms with Crippen LogP contribution in [0, 0.1) is 11.3 Å². The highest BCUT2D eigenvalue weighted by atomic mass is 16.5. The maximum Gasteiger partial charge on any atom is 0.235 e. The lowest BCUT2D eigenvalue weighted by atomic mass is 9.73. The number of amides is 1. The summed E-state index contributed by atoms with van der Waals surface area (Å²) in [5, 5.41) is 12.1. The number of anilines is 1. The van der Waals surface area contributed by atoms with Crippen LogP contribution in [0.25, 0.3) is 0 Å². The Morgan fingerprint density at radius 1 is 1.00 bits per heavy atom. The SMILES string of the molecule is COc1cc(C#N)ccc1Oc1ccc(NC(=O)C2(c3ccccc3)CCOCC2)cc1. The Bertz CT molecular complexity index is 1110. The number of rotatable bonds is 6. The Morgan fingerprint density at radius 3 is 2.38 bits per heavy atom. The number of carbonyl (C=O) groups excluding carboxylic acids is 1. The first-order valence-electron chi connectivity index (χ1n) is 10.5. The van der Waals surface area contributed by atoms with Crippen molar-refractivity contribution in [3.05, 3.63) is 83.9 Å². The van der Waals surface area contributed by atoms with Crippen LogP contribution < -0.4 is 14.8 Å². The summed E-state index contributed by atoms with van der Waals surface area (Å²) < 4.78 is 16.7. The number of benzene rings is 3. The zero-order valence-electron chi connectivity index (χ0n) is 17.8. The van der Waals surface area contributed by atoms with Gasteiger partial charge in [0.25, 0.3) is 0 Å². The fraction of sp³-hybridized carbons (Fsp3) is 0.231. The standard InChI is InChI=1S/C26H24N2O4/c1-30-24-17-19(18-27)7-12-23(24)32-22-10-8-21(9-11-22)28-25(29)26(13-15-31-16-14-26)20-5-3-2-4-6-20/h2-12,17H,13-16H2,1H3,(H,28,29). The van der Waals surface area contributed by atoms with Gasteiger partial charge in [0.15, 0.2) is 11.5 Å². The molecule has 0 atom stereocenters. The summed E-state index contributed by atoms with van der Waals surface area (Å²) in [4.78, 5) is 13.4. The van der Waals surface area contributed by atoms with E-state index in [1.807, 2.05) is 30.3 Å². The Balaban J connectivity index is 1.50. The molecule has 1 fully saturated rings. The van der Waals surface area contributed by atoms with E-state index in [-0.39, 0.29) is 5.91 Å². The molecule has 1 amide bonds. The van der Waals surface area contributed by atoms with Crippen LogP contribution in [0.1, 0.15) is 24.0 Å². The lowest BCUT2D eigenvalue weighted by Crippen LogP contribution is -2.44. The van der Waals surface area contributed by atoms with Crippen LogP contribution in [-0.4, -0.2) is 26.2 Å². The van der Waals surface area contributed by atoms with Gasteiger partial charge < -0.3 is 19.5 Å². The van der Waals surface area contributed by atoms with Gasteiger partial charge in [-0.3, -0.25) is 4.79 Å². The minimum Gasteiger partial charge on any atom is -0.493 e. The van der Waals surface area contributed by atoms with Gasteiger partial charge in [-0.1, -0.05) is 30.3 Å². The third kappa shape index (κ3) is 4.43. The fourth-order valence-corrected chi connectivity index (χ4v) is 3.93. The number of hydrogen-bond donors (Lipinski definition) is 1. The van der Waals surface area contributed by atoms with Crippen molar-refractivity contribution in [2.45, 2.75) is 18.3 Å². The number of methoxy groups -OCH3 is 1. The number of nitrogens with zero attached hydrogens (tertiary/aromatic N) is 1. The monoisotopic (exact) mass is 428 g/mol. The van der Waals surface area contributed by atoms with Crippen LogP contribution in [0.5, 0.6) is 17.2 Å². The molecular weight excluding hydrogens is 404 g/mol. The first-order valence-corrected chi connectivity index (χ1v) is 10.5. The summed E-state index contributed by atoms with van der Waals surface area (Å²) in [6.07, 6.45) is 1.28. The van der Waals surface area contributed by atoms with Crippen molar-refractivity contribution >= 4 is 11.6 Å². The summed E-state index contributed by atoms with van der Waals surface area (Å²) in [7, 11) is 1.53. The molecule has 1 aliphatic rings. The first-order chi connectivity index (χ1) is 15.6. The molecule has 3 aromatic rings. The second kappa shape index (κ2) is 9.54. The normalized spacial score (nSPS) is 14.8. The molecule has 1 N–H and O–H groups in total. The van der Waals surface area contributed by atoms with E-state index >= 15 is 0 Å². The van der Waals surface area contributed by atoms with Gasteiger partial charge in [0.2, 0.25) is 5.91 Å². The highest BCUT2D eigenvalue weighted by Gasteiger charge is 2.41. The molecule has 1 saturated heterocycles. The van der Waals surface area contributed by atoms with Crippen LogP contribution in [0.4, 0.5) is 5.69 Å². The Morgan fingerprint density at radius 2 is 1.72 bits per heavy atom. The summed E-state index contributed by atoms with van der Waals surface area (Å²) in [5.74, 6) is 1.54. The van der Waals surface area contributed by atoms with E-state index in [1.165, 1.54) is 7.11 Å². The molecule has 6 nitrogen and oxygen atoms in total. The molecule has 4 rings (SSSR count). The van der Waals surface area contributed by atoms with Crippen molar-refractivity contribution in [1.82, 2.24) is 0 Å². The first kappa shape index (κ1) is 21.4. The van der Waals surface area contributed by atoms with Gasteiger partial charge in [-0.15, -0.1) is 0 Å². The van der Waals surface area contributed by atoms with E-state index in [4.69, 9.17) is 19.5 Å².